The smallest absolute Gasteiger partial charge is 0.250 e. The minimum absolute atomic E-state index is 0.221. The third-order valence-corrected chi connectivity index (χ3v) is 7.36. The van der Waals surface area contributed by atoms with Crippen LogP contribution >= 0.6 is 23.1 Å². The fourth-order valence-electron chi connectivity index (χ4n) is 3.51. The summed E-state index contributed by atoms with van der Waals surface area (Å²) in [6.45, 7) is 0. The summed E-state index contributed by atoms with van der Waals surface area (Å²) in [5.74, 6) is 1.05. The Balaban J connectivity index is 1.45. The maximum absolute atomic E-state index is 13.3. The van der Waals surface area contributed by atoms with E-state index in [2.05, 4.69) is 10.1 Å². The van der Waals surface area contributed by atoms with E-state index in [-0.39, 0.29) is 23.3 Å². The van der Waals surface area contributed by atoms with Gasteiger partial charge in [-0.05, 0) is 42.5 Å². The Hall–Kier alpha value is -3.95. The second-order valence-electron chi connectivity index (χ2n) is 7.71. The van der Waals surface area contributed by atoms with Gasteiger partial charge in [0.2, 0.25) is 16.5 Å². The molecule has 1 amide bonds. The second kappa shape index (κ2) is 10.8. The molecule has 0 bridgehead atoms. The van der Waals surface area contributed by atoms with E-state index in [0.29, 0.717) is 27.6 Å². The number of ether oxygens (including phenoxy) is 1. The van der Waals surface area contributed by atoms with E-state index in [1.165, 1.54) is 28.8 Å². The average molecular weight is 516 g/mol. The zero-order chi connectivity index (χ0) is 24.9. The lowest BCUT2D eigenvalue weighted by Crippen LogP contribution is -2.26. The molecule has 3 aromatic carbocycles. The number of benzene rings is 3. The molecule has 0 N–H and O–H groups in total. The monoisotopic (exact) mass is 515 g/mol. The predicted octanol–water partition coefficient (Wildman–Crippen LogP) is 5.96. The van der Waals surface area contributed by atoms with Gasteiger partial charge in [0.05, 0.1) is 34.5 Å². The van der Waals surface area contributed by atoms with Crippen molar-refractivity contribution in [2.24, 2.45) is 5.10 Å². The molecule has 5 aromatic rings. The number of amides is 1. The summed E-state index contributed by atoms with van der Waals surface area (Å²) in [5, 5.41) is 6.52. The maximum atomic E-state index is 13.3. The summed E-state index contributed by atoms with van der Waals surface area (Å²) < 4.78 is 11.8. The molecule has 0 aliphatic rings. The molecular weight excluding hydrogens is 494 g/mol. The number of aromatic nitrogens is 1. The van der Waals surface area contributed by atoms with Gasteiger partial charge in [-0.3, -0.25) is 9.59 Å². The van der Waals surface area contributed by atoms with Crippen LogP contribution in [-0.2, 0) is 4.79 Å². The van der Waals surface area contributed by atoms with Gasteiger partial charge in [0.15, 0.2) is 0 Å². The quantitative estimate of drug-likeness (QED) is 0.144. The molecule has 0 saturated heterocycles. The molecule has 5 rings (SSSR count). The third kappa shape index (κ3) is 5.17. The molecule has 0 radical (unpaired) electrons. The second-order valence-corrected chi connectivity index (χ2v) is 9.89. The summed E-state index contributed by atoms with van der Waals surface area (Å²) in [6.07, 6.45) is 2.95. The molecule has 180 valence electrons. The lowest BCUT2D eigenvalue weighted by atomic mass is 10.2. The van der Waals surface area contributed by atoms with E-state index in [0.717, 1.165) is 15.1 Å². The molecule has 0 spiro atoms. The number of rotatable bonds is 8. The van der Waals surface area contributed by atoms with Gasteiger partial charge < -0.3 is 9.15 Å². The predicted molar refractivity (Wildman–Crippen MR) is 146 cm³/mol. The number of nitrogens with zero attached hydrogens (tertiary/aromatic N) is 3. The number of carbonyl (C=O) groups excluding carboxylic acids is 1. The number of hydrogen-bond donors (Lipinski definition) is 0. The number of hydrogen-bond acceptors (Lipinski definition) is 8. The summed E-state index contributed by atoms with van der Waals surface area (Å²) in [6, 6.07) is 22.4. The van der Waals surface area contributed by atoms with Crippen molar-refractivity contribution in [3.05, 3.63) is 94.8 Å². The van der Waals surface area contributed by atoms with E-state index in [1.807, 2.05) is 48.5 Å². The first kappa shape index (κ1) is 23.8. The van der Waals surface area contributed by atoms with Crippen LogP contribution in [0.2, 0.25) is 0 Å². The Morgan fingerprint density at radius 3 is 2.78 bits per heavy atom. The number of anilines is 1. The van der Waals surface area contributed by atoms with E-state index in [9.17, 15) is 9.59 Å². The van der Waals surface area contributed by atoms with Crippen molar-refractivity contribution in [3.8, 4) is 5.75 Å². The van der Waals surface area contributed by atoms with Crippen LogP contribution in [0.4, 0.5) is 5.13 Å². The van der Waals surface area contributed by atoms with E-state index >= 15 is 0 Å². The van der Waals surface area contributed by atoms with Crippen molar-refractivity contribution in [1.29, 1.82) is 0 Å². The molecule has 0 saturated carbocycles. The highest BCUT2D eigenvalue weighted by atomic mass is 32.2. The van der Waals surface area contributed by atoms with Gasteiger partial charge in [-0.25, -0.2) is 4.98 Å². The van der Waals surface area contributed by atoms with E-state index in [4.69, 9.17) is 9.15 Å². The van der Waals surface area contributed by atoms with Gasteiger partial charge in [-0.1, -0.05) is 41.7 Å². The molecule has 0 fully saturated rings. The topological polar surface area (TPSA) is 85.0 Å². The molecule has 7 nitrogen and oxygen atoms in total. The number of carbonyl (C=O) groups is 1. The number of thiazole rings is 1. The van der Waals surface area contributed by atoms with Crippen molar-refractivity contribution in [3.63, 3.8) is 0 Å². The normalized spacial score (nSPS) is 11.4. The van der Waals surface area contributed by atoms with Crippen LogP contribution in [0.3, 0.4) is 0 Å². The Kier molecular flexibility index (Phi) is 7.11. The zero-order valence-corrected chi connectivity index (χ0v) is 20.9. The number of hydrazone groups is 1. The SMILES string of the molecule is COc1ccc2nc(N(/N=C/c3coc4ccccc4c3=O)C(=O)CCSc3ccccc3)sc2c1. The van der Waals surface area contributed by atoms with Crippen LogP contribution in [0.1, 0.15) is 12.0 Å². The van der Waals surface area contributed by atoms with Gasteiger partial charge in [-0.2, -0.15) is 10.1 Å². The van der Waals surface area contributed by atoms with Crippen molar-refractivity contribution in [1.82, 2.24) is 4.98 Å². The average Bonchev–Trinajstić information content (AvgIpc) is 3.33. The van der Waals surface area contributed by atoms with Crippen LogP contribution in [-0.4, -0.2) is 30.0 Å². The largest absolute Gasteiger partial charge is 0.497 e. The van der Waals surface area contributed by atoms with Crippen molar-refractivity contribution < 1.29 is 13.9 Å². The van der Waals surface area contributed by atoms with E-state index in [1.54, 1.807) is 43.1 Å². The standard InChI is InChI=1S/C27H21N3O4S2/c1-33-19-11-12-22-24(15-19)36-27(29-22)30(25(31)13-14-35-20-7-3-2-4-8-20)28-16-18-17-34-23-10-6-5-9-21(23)26(18)32/h2-12,15-17H,13-14H2,1H3/b28-16+. The van der Waals surface area contributed by atoms with Gasteiger partial charge in [0.1, 0.15) is 17.6 Å². The van der Waals surface area contributed by atoms with Gasteiger partial charge in [-0.15, -0.1) is 11.8 Å². The van der Waals surface area contributed by atoms with Crippen molar-refractivity contribution in [2.75, 3.05) is 17.9 Å². The molecule has 0 aliphatic carbocycles. The number of fused-ring (bicyclic) bond motifs is 2. The first-order chi connectivity index (χ1) is 17.6. The molecule has 2 aromatic heterocycles. The fraction of sp³-hybridized carbons (Fsp3) is 0.111. The summed E-state index contributed by atoms with van der Waals surface area (Å²) in [4.78, 5) is 31.9. The fourth-order valence-corrected chi connectivity index (χ4v) is 5.34. The Bertz CT molecular complexity index is 1610. The highest BCUT2D eigenvalue weighted by Crippen LogP contribution is 2.32. The minimum atomic E-state index is -0.231. The first-order valence-corrected chi connectivity index (χ1v) is 12.9. The molecule has 0 aliphatic heterocycles. The van der Waals surface area contributed by atoms with Gasteiger partial charge in [0.25, 0.3) is 0 Å². The maximum Gasteiger partial charge on any atom is 0.250 e. The minimum Gasteiger partial charge on any atom is -0.497 e. The van der Waals surface area contributed by atoms with E-state index < -0.39 is 0 Å². The third-order valence-electron chi connectivity index (χ3n) is 5.35. The highest BCUT2D eigenvalue weighted by Gasteiger charge is 2.20. The zero-order valence-electron chi connectivity index (χ0n) is 19.3. The lowest BCUT2D eigenvalue weighted by molar-refractivity contribution is -0.118. The molecule has 36 heavy (non-hydrogen) atoms. The summed E-state index contributed by atoms with van der Waals surface area (Å²) in [7, 11) is 1.60. The number of thioether (sulfide) groups is 1. The Morgan fingerprint density at radius 2 is 1.94 bits per heavy atom. The number of methoxy groups -OCH3 is 1. The van der Waals surface area contributed by atoms with Crippen LogP contribution in [0, 0.1) is 0 Å². The lowest BCUT2D eigenvalue weighted by Gasteiger charge is -2.13. The molecule has 0 atom stereocenters. The summed E-state index contributed by atoms with van der Waals surface area (Å²) >= 11 is 2.92. The molecule has 0 unspecified atom stereocenters. The molecule has 2 heterocycles. The van der Waals surface area contributed by atoms with Crippen LogP contribution in [0.15, 0.2) is 98.3 Å². The summed E-state index contributed by atoms with van der Waals surface area (Å²) in [5.41, 5.74) is 1.24. The number of para-hydroxylation sites is 1. The van der Waals surface area contributed by atoms with Crippen LogP contribution in [0.25, 0.3) is 21.2 Å². The highest BCUT2D eigenvalue weighted by molar-refractivity contribution is 7.99. The van der Waals surface area contributed by atoms with Gasteiger partial charge >= 0.3 is 0 Å². The Labute approximate surface area is 215 Å². The van der Waals surface area contributed by atoms with Crippen molar-refractivity contribution >= 4 is 61.5 Å². The Morgan fingerprint density at radius 1 is 1.14 bits per heavy atom. The molecule has 9 heteroatoms. The van der Waals surface area contributed by atoms with Crippen LogP contribution in [0.5, 0.6) is 5.75 Å². The van der Waals surface area contributed by atoms with Gasteiger partial charge in [0, 0.05) is 17.1 Å². The van der Waals surface area contributed by atoms with Crippen molar-refractivity contribution in [2.45, 2.75) is 11.3 Å². The van der Waals surface area contributed by atoms with Crippen LogP contribution < -0.4 is 15.2 Å². The first-order valence-electron chi connectivity index (χ1n) is 11.1. The molecular formula is C27H21N3O4S2.